The van der Waals surface area contributed by atoms with Crippen molar-refractivity contribution in [1.82, 2.24) is 10.2 Å². The Bertz CT molecular complexity index is 546. The fraction of sp³-hybridized carbons (Fsp3) is 0.562. The van der Waals surface area contributed by atoms with E-state index >= 15 is 0 Å². The van der Waals surface area contributed by atoms with E-state index in [0.717, 1.165) is 12.1 Å². The van der Waals surface area contributed by atoms with Crippen LogP contribution in [0.5, 0.6) is 0 Å². The SMILES string of the molecule is CC(C)NC(=O)CN1CCO[C@@H](c2cccc(C(F)(F)F)c2)C1. The first-order valence-electron chi connectivity index (χ1n) is 7.56. The Morgan fingerprint density at radius 2 is 2.17 bits per heavy atom. The van der Waals surface area contributed by atoms with Crippen LogP contribution in [0.15, 0.2) is 24.3 Å². The van der Waals surface area contributed by atoms with Crippen LogP contribution in [0.1, 0.15) is 31.1 Å². The molecule has 1 aromatic rings. The summed E-state index contributed by atoms with van der Waals surface area (Å²) in [6, 6.07) is 5.22. The van der Waals surface area contributed by atoms with Crippen LogP contribution in [0.25, 0.3) is 0 Å². The topological polar surface area (TPSA) is 41.6 Å². The smallest absolute Gasteiger partial charge is 0.371 e. The van der Waals surface area contributed by atoms with Crippen LogP contribution in [0, 0.1) is 0 Å². The maximum Gasteiger partial charge on any atom is 0.416 e. The van der Waals surface area contributed by atoms with Gasteiger partial charge in [-0.25, -0.2) is 0 Å². The molecule has 0 bridgehead atoms. The standard InChI is InChI=1S/C16H21F3N2O2/c1-11(2)20-15(22)10-21-6-7-23-14(9-21)12-4-3-5-13(8-12)16(17,18)19/h3-5,8,11,14H,6-7,9-10H2,1-2H3,(H,20,22)/t14-/m1/s1. The number of carbonyl (C=O) groups excluding carboxylic acids is 1. The van der Waals surface area contributed by atoms with Crippen LogP contribution in [0.3, 0.4) is 0 Å². The summed E-state index contributed by atoms with van der Waals surface area (Å²) >= 11 is 0. The molecule has 1 amide bonds. The number of halogens is 3. The van der Waals surface area contributed by atoms with Gasteiger partial charge in [-0.05, 0) is 31.5 Å². The van der Waals surface area contributed by atoms with Gasteiger partial charge in [0.25, 0.3) is 0 Å². The monoisotopic (exact) mass is 330 g/mol. The number of rotatable bonds is 4. The number of hydrogen-bond acceptors (Lipinski definition) is 3. The fourth-order valence-corrected chi connectivity index (χ4v) is 2.53. The summed E-state index contributed by atoms with van der Waals surface area (Å²) in [5.41, 5.74) is -0.206. The molecule has 1 N–H and O–H groups in total. The molecule has 0 aromatic heterocycles. The molecule has 1 heterocycles. The van der Waals surface area contributed by atoms with Gasteiger partial charge in [0.1, 0.15) is 0 Å². The first-order valence-corrected chi connectivity index (χ1v) is 7.56. The molecule has 1 aromatic carbocycles. The lowest BCUT2D eigenvalue weighted by Gasteiger charge is -2.33. The van der Waals surface area contributed by atoms with E-state index in [4.69, 9.17) is 4.74 Å². The van der Waals surface area contributed by atoms with Crippen molar-refractivity contribution in [1.29, 1.82) is 0 Å². The molecule has 23 heavy (non-hydrogen) atoms. The second kappa shape index (κ2) is 7.31. The van der Waals surface area contributed by atoms with Crippen LogP contribution in [-0.4, -0.2) is 43.1 Å². The predicted octanol–water partition coefficient (Wildman–Crippen LogP) is 2.60. The molecule has 1 aliphatic heterocycles. The average molecular weight is 330 g/mol. The predicted molar refractivity (Wildman–Crippen MR) is 79.9 cm³/mol. The van der Waals surface area contributed by atoms with Crippen molar-refractivity contribution < 1.29 is 22.7 Å². The second-order valence-corrected chi connectivity index (χ2v) is 5.94. The van der Waals surface area contributed by atoms with E-state index in [-0.39, 0.29) is 18.5 Å². The summed E-state index contributed by atoms with van der Waals surface area (Å²) in [4.78, 5) is 13.7. The Morgan fingerprint density at radius 3 is 2.83 bits per heavy atom. The number of alkyl halides is 3. The number of ether oxygens (including phenoxy) is 1. The molecule has 0 saturated carbocycles. The minimum Gasteiger partial charge on any atom is -0.371 e. The third kappa shape index (κ3) is 5.21. The zero-order chi connectivity index (χ0) is 17.0. The van der Waals surface area contributed by atoms with Gasteiger partial charge in [-0.1, -0.05) is 12.1 Å². The fourth-order valence-electron chi connectivity index (χ4n) is 2.53. The number of morpholine rings is 1. The van der Waals surface area contributed by atoms with E-state index in [2.05, 4.69) is 5.32 Å². The quantitative estimate of drug-likeness (QED) is 0.923. The van der Waals surface area contributed by atoms with E-state index in [0.29, 0.717) is 25.3 Å². The minimum absolute atomic E-state index is 0.0582. The highest BCUT2D eigenvalue weighted by Gasteiger charge is 2.32. The Kier molecular flexibility index (Phi) is 5.64. The Labute approximate surface area is 133 Å². The number of carbonyl (C=O) groups is 1. The van der Waals surface area contributed by atoms with E-state index in [1.165, 1.54) is 6.07 Å². The molecule has 4 nitrogen and oxygen atoms in total. The van der Waals surface area contributed by atoms with E-state index in [1.807, 2.05) is 18.7 Å². The van der Waals surface area contributed by atoms with Gasteiger partial charge >= 0.3 is 6.18 Å². The van der Waals surface area contributed by atoms with Gasteiger partial charge in [0.05, 0.1) is 24.8 Å². The van der Waals surface area contributed by atoms with Crippen LogP contribution in [0.2, 0.25) is 0 Å². The number of hydrogen-bond donors (Lipinski definition) is 1. The van der Waals surface area contributed by atoms with Crippen molar-refractivity contribution in [2.24, 2.45) is 0 Å². The highest BCUT2D eigenvalue weighted by Crippen LogP contribution is 2.32. The van der Waals surface area contributed by atoms with Gasteiger partial charge in [-0.3, -0.25) is 9.69 Å². The Hall–Kier alpha value is -1.60. The highest BCUT2D eigenvalue weighted by atomic mass is 19.4. The highest BCUT2D eigenvalue weighted by molar-refractivity contribution is 5.78. The zero-order valence-electron chi connectivity index (χ0n) is 13.2. The summed E-state index contributed by atoms with van der Waals surface area (Å²) in [5.74, 6) is -0.0929. The van der Waals surface area contributed by atoms with Gasteiger partial charge in [0.15, 0.2) is 0 Å². The number of benzene rings is 1. The van der Waals surface area contributed by atoms with Gasteiger partial charge in [-0.2, -0.15) is 13.2 Å². The maximum atomic E-state index is 12.8. The first-order chi connectivity index (χ1) is 10.8. The molecular weight excluding hydrogens is 309 g/mol. The first kappa shape index (κ1) is 17.7. The maximum absolute atomic E-state index is 12.8. The number of amides is 1. The molecule has 7 heteroatoms. The van der Waals surface area contributed by atoms with Gasteiger partial charge < -0.3 is 10.1 Å². The molecule has 1 saturated heterocycles. The second-order valence-electron chi connectivity index (χ2n) is 5.94. The molecule has 1 aliphatic rings. The summed E-state index contributed by atoms with van der Waals surface area (Å²) < 4.78 is 44.0. The van der Waals surface area contributed by atoms with Crippen LogP contribution < -0.4 is 5.32 Å². The molecule has 0 unspecified atom stereocenters. The lowest BCUT2D eigenvalue weighted by Crippen LogP contribution is -2.45. The van der Waals surface area contributed by atoms with Gasteiger partial charge in [0.2, 0.25) is 5.91 Å². The summed E-state index contributed by atoms with van der Waals surface area (Å²) in [6.45, 7) is 5.34. The van der Waals surface area contributed by atoms with E-state index < -0.39 is 17.8 Å². The van der Waals surface area contributed by atoms with Crippen molar-refractivity contribution in [2.45, 2.75) is 32.2 Å². The summed E-state index contributed by atoms with van der Waals surface area (Å²) in [7, 11) is 0. The van der Waals surface area contributed by atoms with Crippen molar-refractivity contribution in [3.63, 3.8) is 0 Å². The van der Waals surface area contributed by atoms with Crippen LogP contribution >= 0.6 is 0 Å². The van der Waals surface area contributed by atoms with Gasteiger partial charge in [-0.15, -0.1) is 0 Å². The lowest BCUT2D eigenvalue weighted by molar-refractivity contribution is -0.137. The van der Waals surface area contributed by atoms with Crippen molar-refractivity contribution in [3.8, 4) is 0 Å². The summed E-state index contributed by atoms with van der Waals surface area (Å²) in [5, 5.41) is 2.80. The Balaban J connectivity index is 2.02. The van der Waals surface area contributed by atoms with Crippen molar-refractivity contribution in [2.75, 3.05) is 26.2 Å². The number of nitrogens with zero attached hydrogens (tertiary/aromatic N) is 1. The average Bonchev–Trinajstić information content (AvgIpc) is 2.46. The van der Waals surface area contributed by atoms with Gasteiger partial charge in [0, 0.05) is 19.1 Å². The van der Waals surface area contributed by atoms with Crippen molar-refractivity contribution >= 4 is 5.91 Å². The largest absolute Gasteiger partial charge is 0.416 e. The van der Waals surface area contributed by atoms with Crippen LogP contribution in [0.4, 0.5) is 13.2 Å². The molecule has 1 fully saturated rings. The van der Waals surface area contributed by atoms with Crippen molar-refractivity contribution in [3.05, 3.63) is 35.4 Å². The molecule has 128 valence electrons. The lowest BCUT2D eigenvalue weighted by atomic mass is 10.0. The third-order valence-electron chi connectivity index (χ3n) is 3.55. The zero-order valence-corrected chi connectivity index (χ0v) is 13.2. The molecule has 2 rings (SSSR count). The molecule has 1 atom stereocenters. The molecule has 0 aliphatic carbocycles. The third-order valence-corrected chi connectivity index (χ3v) is 3.55. The van der Waals surface area contributed by atoms with Crippen LogP contribution in [-0.2, 0) is 15.7 Å². The Morgan fingerprint density at radius 1 is 1.43 bits per heavy atom. The molecular formula is C16H21F3N2O2. The number of nitrogens with one attached hydrogen (secondary N) is 1. The summed E-state index contributed by atoms with van der Waals surface area (Å²) in [6.07, 6.45) is -4.83. The van der Waals surface area contributed by atoms with E-state index in [1.54, 1.807) is 6.07 Å². The molecule has 0 radical (unpaired) electrons. The normalized spacial score (nSPS) is 19.8. The minimum atomic E-state index is -4.37. The van der Waals surface area contributed by atoms with E-state index in [9.17, 15) is 18.0 Å². The molecule has 0 spiro atoms.